The van der Waals surface area contributed by atoms with E-state index in [1.807, 2.05) is 13.0 Å². The highest BCUT2D eigenvalue weighted by atomic mass is 32.2. The van der Waals surface area contributed by atoms with Gasteiger partial charge in [-0.05, 0) is 49.7 Å². The van der Waals surface area contributed by atoms with E-state index in [9.17, 15) is 13.7 Å². The summed E-state index contributed by atoms with van der Waals surface area (Å²) in [7, 11) is -2.55. The summed E-state index contributed by atoms with van der Waals surface area (Å²) < 4.78 is 34.0. The Morgan fingerprint density at radius 2 is 1.79 bits per heavy atom. The molecule has 7 heteroatoms. The van der Waals surface area contributed by atoms with Crippen molar-refractivity contribution in [1.82, 2.24) is 0 Å². The van der Waals surface area contributed by atoms with Crippen LogP contribution in [0.25, 0.3) is 0 Å². The van der Waals surface area contributed by atoms with Crippen LogP contribution >= 0.6 is 0 Å². The number of hydrogen-bond donors (Lipinski definition) is 0. The zero-order valence-corrected chi connectivity index (χ0v) is 14.3. The minimum Gasteiger partial charge on any atom is -0.497 e. The number of nitrogens with zero attached hydrogens (tertiary/aromatic N) is 2. The molecule has 0 spiro atoms. The molecular weight excluding hydrogens is 328 g/mol. The predicted molar refractivity (Wildman–Crippen MR) is 89.3 cm³/mol. The molecule has 0 atom stereocenters. The van der Waals surface area contributed by atoms with E-state index in [2.05, 4.69) is 9.44 Å². The first-order chi connectivity index (χ1) is 11.4. The Morgan fingerprint density at radius 3 is 2.33 bits per heavy atom. The van der Waals surface area contributed by atoms with Crippen LogP contribution in [-0.4, -0.2) is 21.2 Å². The van der Waals surface area contributed by atoms with E-state index in [0.717, 1.165) is 5.56 Å². The molecule has 0 saturated carbocycles. The van der Waals surface area contributed by atoms with Crippen molar-refractivity contribution >= 4 is 15.8 Å². The van der Waals surface area contributed by atoms with Gasteiger partial charge in [0.05, 0.1) is 7.11 Å². The van der Waals surface area contributed by atoms with Gasteiger partial charge >= 0.3 is 10.1 Å². The third-order valence-electron chi connectivity index (χ3n) is 3.33. The summed E-state index contributed by atoms with van der Waals surface area (Å²) in [5, 5.41) is 12.8. The molecule has 0 unspecified atom stereocenters. The van der Waals surface area contributed by atoms with Gasteiger partial charge in [-0.15, -0.1) is 0 Å². The molecule has 124 valence electrons. The minimum absolute atomic E-state index is 0.0272. The lowest BCUT2D eigenvalue weighted by atomic mass is 10.0. The lowest BCUT2D eigenvalue weighted by Crippen LogP contribution is -2.07. The zero-order chi connectivity index (χ0) is 17.7. The van der Waals surface area contributed by atoms with Gasteiger partial charge in [0.2, 0.25) is 0 Å². The van der Waals surface area contributed by atoms with Gasteiger partial charge in [0, 0.05) is 5.56 Å². The van der Waals surface area contributed by atoms with E-state index in [0.29, 0.717) is 16.9 Å². The Morgan fingerprint density at radius 1 is 1.12 bits per heavy atom. The number of aryl methyl sites for hydroxylation is 2. The summed E-state index contributed by atoms with van der Waals surface area (Å²) in [4.78, 5) is -0.0272. The van der Waals surface area contributed by atoms with Crippen molar-refractivity contribution in [2.24, 2.45) is 5.16 Å². The van der Waals surface area contributed by atoms with Crippen LogP contribution in [0.2, 0.25) is 0 Å². The van der Waals surface area contributed by atoms with Crippen molar-refractivity contribution < 1.29 is 17.4 Å². The maximum atomic E-state index is 12.1. The molecule has 0 aliphatic rings. The molecule has 0 fully saturated rings. The number of oxime groups is 1. The van der Waals surface area contributed by atoms with Crippen LogP contribution in [0.1, 0.15) is 16.7 Å². The summed E-state index contributed by atoms with van der Waals surface area (Å²) in [6, 6.07) is 13.0. The van der Waals surface area contributed by atoms with Gasteiger partial charge in [-0.25, -0.2) is 0 Å². The number of ether oxygens (including phenoxy) is 1. The highest BCUT2D eigenvalue weighted by Crippen LogP contribution is 2.19. The standard InChI is InChI=1S/C17H16N2O4S/c1-12-4-7-15(8-5-12)24(20,21)23-19-17(11-18)16-9-6-14(22-3)10-13(16)2/h4-10H,1-3H3. The molecular formula is C17H16N2O4S. The zero-order valence-electron chi connectivity index (χ0n) is 13.5. The summed E-state index contributed by atoms with van der Waals surface area (Å²) in [5.74, 6) is 0.627. The fraction of sp³-hybridized carbons (Fsp3) is 0.176. The van der Waals surface area contributed by atoms with E-state index < -0.39 is 10.1 Å². The van der Waals surface area contributed by atoms with Crippen LogP contribution in [-0.2, 0) is 14.4 Å². The van der Waals surface area contributed by atoms with Gasteiger partial charge in [-0.3, -0.25) is 4.28 Å². The fourth-order valence-electron chi connectivity index (χ4n) is 1.99. The lowest BCUT2D eigenvalue weighted by Gasteiger charge is -2.06. The fourth-order valence-corrected chi connectivity index (χ4v) is 2.72. The van der Waals surface area contributed by atoms with Gasteiger partial charge < -0.3 is 4.74 Å². The lowest BCUT2D eigenvalue weighted by molar-refractivity contribution is 0.339. The topological polar surface area (TPSA) is 88.8 Å². The molecule has 0 N–H and O–H groups in total. The maximum absolute atomic E-state index is 12.1. The first kappa shape index (κ1) is 17.5. The van der Waals surface area contributed by atoms with Crippen molar-refractivity contribution in [2.45, 2.75) is 18.7 Å². The molecule has 24 heavy (non-hydrogen) atoms. The normalized spacial score (nSPS) is 11.7. The minimum atomic E-state index is -4.08. The Bertz CT molecular complexity index is 911. The second-order valence-electron chi connectivity index (χ2n) is 5.07. The SMILES string of the molecule is COc1ccc(C(C#N)=NOS(=O)(=O)c2ccc(C)cc2)c(C)c1. The molecule has 0 aliphatic heterocycles. The van der Waals surface area contributed by atoms with Crippen molar-refractivity contribution in [3.05, 3.63) is 59.2 Å². The monoisotopic (exact) mass is 344 g/mol. The van der Waals surface area contributed by atoms with E-state index in [1.54, 1.807) is 37.3 Å². The first-order valence-electron chi connectivity index (χ1n) is 7.01. The summed E-state index contributed by atoms with van der Waals surface area (Å²) >= 11 is 0. The molecule has 6 nitrogen and oxygen atoms in total. The van der Waals surface area contributed by atoms with Crippen LogP contribution < -0.4 is 4.74 Å². The van der Waals surface area contributed by atoms with Gasteiger partial charge in [-0.2, -0.15) is 13.7 Å². The molecule has 0 bridgehead atoms. The number of nitriles is 1. The quantitative estimate of drug-likeness (QED) is 0.614. The van der Waals surface area contributed by atoms with Gasteiger partial charge in [0.1, 0.15) is 16.7 Å². The molecule has 0 amide bonds. The highest BCUT2D eigenvalue weighted by Gasteiger charge is 2.17. The number of benzene rings is 2. The van der Waals surface area contributed by atoms with Crippen LogP contribution in [0.15, 0.2) is 52.5 Å². The van der Waals surface area contributed by atoms with E-state index in [-0.39, 0.29) is 10.6 Å². The molecule has 0 radical (unpaired) electrons. The Labute approximate surface area is 141 Å². The van der Waals surface area contributed by atoms with Crippen LogP contribution in [0.5, 0.6) is 5.75 Å². The predicted octanol–water partition coefficient (Wildman–Crippen LogP) is 2.95. The number of hydrogen-bond acceptors (Lipinski definition) is 6. The van der Waals surface area contributed by atoms with E-state index in [4.69, 9.17) is 4.74 Å². The molecule has 2 aromatic rings. The van der Waals surface area contributed by atoms with Crippen molar-refractivity contribution in [3.63, 3.8) is 0 Å². The molecule has 2 rings (SSSR count). The molecule has 0 aromatic heterocycles. The maximum Gasteiger partial charge on any atom is 0.358 e. The summed E-state index contributed by atoms with van der Waals surface area (Å²) in [6.07, 6.45) is 0. The smallest absolute Gasteiger partial charge is 0.358 e. The molecule has 2 aromatic carbocycles. The van der Waals surface area contributed by atoms with Crippen LogP contribution in [0.4, 0.5) is 0 Å². The molecule has 0 saturated heterocycles. The first-order valence-corrected chi connectivity index (χ1v) is 8.41. The molecule has 0 heterocycles. The second kappa shape index (κ2) is 7.15. The number of rotatable bonds is 5. The van der Waals surface area contributed by atoms with Crippen molar-refractivity contribution in [2.75, 3.05) is 7.11 Å². The van der Waals surface area contributed by atoms with Crippen LogP contribution in [0, 0.1) is 25.2 Å². The van der Waals surface area contributed by atoms with E-state index in [1.165, 1.54) is 19.2 Å². The van der Waals surface area contributed by atoms with Gasteiger partial charge in [0.15, 0.2) is 5.71 Å². The number of methoxy groups -OCH3 is 1. The Hall–Kier alpha value is -2.85. The summed E-state index contributed by atoms with van der Waals surface area (Å²) in [5.41, 5.74) is 1.97. The third-order valence-corrected chi connectivity index (χ3v) is 4.45. The van der Waals surface area contributed by atoms with Crippen molar-refractivity contribution in [3.8, 4) is 11.8 Å². The van der Waals surface area contributed by atoms with Gasteiger partial charge in [-0.1, -0.05) is 22.9 Å². The van der Waals surface area contributed by atoms with E-state index >= 15 is 0 Å². The van der Waals surface area contributed by atoms with Gasteiger partial charge in [0.25, 0.3) is 0 Å². The average molecular weight is 344 g/mol. The summed E-state index contributed by atoms with van der Waals surface area (Å²) in [6.45, 7) is 3.61. The Balaban J connectivity index is 2.31. The van der Waals surface area contributed by atoms with Crippen LogP contribution in [0.3, 0.4) is 0 Å². The van der Waals surface area contributed by atoms with Crippen molar-refractivity contribution in [1.29, 1.82) is 5.26 Å². The third kappa shape index (κ3) is 3.91. The Kier molecular flexibility index (Phi) is 5.21. The average Bonchev–Trinajstić information content (AvgIpc) is 2.56. The second-order valence-corrected chi connectivity index (χ2v) is 6.60. The molecule has 0 aliphatic carbocycles. The highest BCUT2D eigenvalue weighted by molar-refractivity contribution is 7.86. The largest absolute Gasteiger partial charge is 0.497 e.